The van der Waals surface area contributed by atoms with Crippen LogP contribution in [0.2, 0.25) is 0 Å². The molecule has 0 unspecified atom stereocenters. The zero-order chi connectivity index (χ0) is 15.2. The third kappa shape index (κ3) is 5.01. The van der Waals surface area contributed by atoms with Crippen molar-refractivity contribution in [2.75, 3.05) is 31.2 Å². The third-order valence-corrected chi connectivity index (χ3v) is 4.02. The van der Waals surface area contributed by atoms with Gasteiger partial charge in [-0.3, -0.25) is 4.79 Å². The van der Waals surface area contributed by atoms with Gasteiger partial charge in [0.25, 0.3) is 0 Å². The number of nitrogens with zero attached hydrogens (tertiary/aromatic N) is 1. The first-order valence-corrected chi connectivity index (χ1v) is 7.58. The fraction of sp³-hybridized carbons (Fsp3) is 0.562. The Morgan fingerprint density at radius 3 is 2.86 bits per heavy atom. The van der Waals surface area contributed by atoms with Crippen LogP contribution in [0.1, 0.15) is 32.1 Å². The average molecular weight is 293 g/mol. The number of carbonyl (C=O) groups excluding carboxylic acids is 1. The first-order valence-electron chi connectivity index (χ1n) is 7.58. The Morgan fingerprint density at radius 2 is 2.24 bits per heavy atom. The fourth-order valence-electron chi connectivity index (χ4n) is 2.56. The number of amides is 1. The predicted octanol–water partition coefficient (Wildman–Crippen LogP) is 2.86. The lowest BCUT2D eigenvalue weighted by Gasteiger charge is -2.30. The molecule has 1 aromatic rings. The lowest BCUT2D eigenvalue weighted by atomic mass is 9.85. The van der Waals surface area contributed by atoms with E-state index in [-0.39, 0.29) is 11.6 Å². The van der Waals surface area contributed by atoms with E-state index in [9.17, 15) is 9.18 Å². The second-order valence-electron chi connectivity index (χ2n) is 5.95. The van der Waals surface area contributed by atoms with E-state index in [0.717, 1.165) is 25.4 Å². The Hall–Kier alpha value is -1.62. The number of nitrogens with two attached hydrogens (primary N) is 1. The largest absolute Gasteiger partial charge is 0.396 e. The molecule has 1 aliphatic rings. The highest BCUT2D eigenvalue weighted by Crippen LogP contribution is 2.26. The number of rotatable bonds is 7. The van der Waals surface area contributed by atoms with Crippen LogP contribution >= 0.6 is 0 Å². The number of carbonyl (C=O) groups is 1. The molecule has 116 valence electrons. The van der Waals surface area contributed by atoms with Gasteiger partial charge in [0.15, 0.2) is 0 Å². The highest BCUT2D eigenvalue weighted by Gasteiger charge is 2.18. The molecular weight excluding hydrogens is 269 g/mol. The van der Waals surface area contributed by atoms with Crippen LogP contribution in [0, 0.1) is 11.7 Å². The molecule has 0 radical (unpaired) electrons. The summed E-state index contributed by atoms with van der Waals surface area (Å²) in [5.74, 6) is 0.328. The second-order valence-corrected chi connectivity index (χ2v) is 5.95. The van der Waals surface area contributed by atoms with Crippen LogP contribution in [-0.4, -0.2) is 30.9 Å². The minimum Gasteiger partial charge on any atom is -0.396 e. The van der Waals surface area contributed by atoms with E-state index in [1.54, 1.807) is 0 Å². The number of nitrogens with one attached hydrogen (secondary N) is 1. The van der Waals surface area contributed by atoms with Crippen LogP contribution in [0.4, 0.5) is 15.8 Å². The zero-order valence-electron chi connectivity index (χ0n) is 12.6. The third-order valence-electron chi connectivity index (χ3n) is 4.02. The molecule has 1 aromatic carbocycles. The molecule has 21 heavy (non-hydrogen) atoms. The molecule has 1 amide bonds. The van der Waals surface area contributed by atoms with Gasteiger partial charge in [-0.2, -0.15) is 0 Å². The van der Waals surface area contributed by atoms with Crippen molar-refractivity contribution < 1.29 is 9.18 Å². The Morgan fingerprint density at radius 1 is 1.48 bits per heavy atom. The first kappa shape index (κ1) is 15.8. The molecule has 0 saturated heterocycles. The summed E-state index contributed by atoms with van der Waals surface area (Å²) in [5, 5.41) is 2.74. The lowest BCUT2D eigenvalue weighted by Crippen LogP contribution is -2.30. The summed E-state index contributed by atoms with van der Waals surface area (Å²) in [6, 6.07) is 4.22. The molecule has 1 saturated carbocycles. The number of halogens is 1. The number of benzene rings is 1. The topological polar surface area (TPSA) is 58.4 Å². The van der Waals surface area contributed by atoms with E-state index in [1.807, 2.05) is 0 Å². The Kier molecular flexibility index (Phi) is 5.56. The smallest absolute Gasteiger partial charge is 0.224 e. The van der Waals surface area contributed by atoms with Gasteiger partial charge in [-0.25, -0.2) is 4.39 Å². The summed E-state index contributed by atoms with van der Waals surface area (Å²) in [7, 11) is 2.11. The van der Waals surface area contributed by atoms with Gasteiger partial charge in [0.1, 0.15) is 5.82 Å². The van der Waals surface area contributed by atoms with E-state index in [1.165, 1.54) is 37.5 Å². The van der Waals surface area contributed by atoms with Crippen LogP contribution in [-0.2, 0) is 4.79 Å². The van der Waals surface area contributed by atoms with E-state index in [4.69, 9.17) is 5.73 Å². The van der Waals surface area contributed by atoms with Gasteiger partial charge in [-0.15, -0.1) is 0 Å². The molecule has 0 aliphatic heterocycles. The van der Waals surface area contributed by atoms with Gasteiger partial charge in [0.05, 0.1) is 5.69 Å². The monoisotopic (exact) mass is 293 g/mol. The van der Waals surface area contributed by atoms with Crippen LogP contribution in [0.15, 0.2) is 18.2 Å². The normalized spacial score (nSPS) is 15.0. The van der Waals surface area contributed by atoms with E-state index >= 15 is 0 Å². The molecule has 2 rings (SSSR count). The summed E-state index contributed by atoms with van der Waals surface area (Å²) in [6.45, 7) is 2.06. The first-order chi connectivity index (χ1) is 10.0. The number of anilines is 2. The van der Waals surface area contributed by atoms with E-state index in [0.29, 0.717) is 12.1 Å². The van der Waals surface area contributed by atoms with Crippen LogP contribution in [0.25, 0.3) is 0 Å². The lowest BCUT2D eigenvalue weighted by molar-refractivity contribution is -0.116. The summed E-state index contributed by atoms with van der Waals surface area (Å²) in [4.78, 5) is 14.1. The van der Waals surface area contributed by atoms with Gasteiger partial charge in [-0.1, -0.05) is 6.42 Å². The quantitative estimate of drug-likeness (QED) is 0.760. The van der Waals surface area contributed by atoms with Crippen LogP contribution in [0.3, 0.4) is 0 Å². The fourth-order valence-corrected chi connectivity index (χ4v) is 2.56. The average Bonchev–Trinajstić information content (AvgIpc) is 2.38. The SMILES string of the molecule is CN(CCCC(=O)Nc1ccc(F)c(N)c1)CC1CCC1. The van der Waals surface area contributed by atoms with Crippen molar-refractivity contribution in [1.82, 2.24) is 4.90 Å². The molecular formula is C16H24FN3O. The molecule has 0 spiro atoms. The van der Waals surface area contributed by atoms with Crippen molar-refractivity contribution in [2.24, 2.45) is 5.92 Å². The van der Waals surface area contributed by atoms with Crippen LogP contribution < -0.4 is 11.1 Å². The maximum absolute atomic E-state index is 13.0. The minimum absolute atomic E-state index is 0.0491. The molecule has 3 N–H and O–H groups in total. The Balaban J connectivity index is 1.65. The predicted molar refractivity (Wildman–Crippen MR) is 83.5 cm³/mol. The minimum atomic E-state index is -0.467. The van der Waals surface area contributed by atoms with Gasteiger partial charge in [0.2, 0.25) is 5.91 Å². The highest BCUT2D eigenvalue weighted by molar-refractivity contribution is 5.91. The number of nitrogen functional groups attached to an aromatic ring is 1. The second kappa shape index (κ2) is 7.41. The molecule has 1 fully saturated rings. The highest BCUT2D eigenvalue weighted by atomic mass is 19.1. The standard InChI is InChI=1S/C16H24FN3O/c1-20(11-12-4-2-5-12)9-3-6-16(21)19-13-7-8-14(17)15(18)10-13/h7-8,10,12H,2-6,9,11,18H2,1H3,(H,19,21). The maximum Gasteiger partial charge on any atom is 0.224 e. The number of hydrogen-bond acceptors (Lipinski definition) is 3. The van der Waals surface area contributed by atoms with Gasteiger partial charge in [0, 0.05) is 18.7 Å². The van der Waals surface area contributed by atoms with Crippen molar-refractivity contribution in [3.63, 3.8) is 0 Å². The Bertz CT molecular complexity index is 488. The molecule has 4 nitrogen and oxygen atoms in total. The van der Waals surface area contributed by atoms with E-state index < -0.39 is 5.82 Å². The zero-order valence-corrected chi connectivity index (χ0v) is 12.6. The van der Waals surface area contributed by atoms with Gasteiger partial charge in [-0.05, 0) is 57.0 Å². The molecule has 1 aliphatic carbocycles. The summed E-state index contributed by atoms with van der Waals surface area (Å²) in [5.41, 5.74) is 6.06. The summed E-state index contributed by atoms with van der Waals surface area (Å²) in [6.07, 6.45) is 5.34. The van der Waals surface area contributed by atoms with Crippen molar-refractivity contribution in [1.29, 1.82) is 0 Å². The van der Waals surface area contributed by atoms with Gasteiger partial charge >= 0.3 is 0 Å². The van der Waals surface area contributed by atoms with Crippen LogP contribution in [0.5, 0.6) is 0 Å². The van der Waals surface area contributed by atoms with Crippen molar-refractivity contribution >= 4 is 17.3 Å². The van der Waals surface area contributed by atoms with Gasteiger partial charge < -0.3 is 16.0 Å². The molecule has 0 aromatic heterocycles. The summed E-state index contributed by atoms with van der Waals surface area (Å²) >= 11 is 0. The summed E-state index contributed by atoms with van der Waals surface area (Å²) < 4.78 is 13.0. The molecule has 5 heteroatoms. The Labute approximate surface area is 125 Å². The number of hydrogen-bond donors (Lipinski definition) is 2. The molecule has 0 atom stereocenters. The van der Waals surface area contributed by atoms with E-state index in [2.05, 4.69) is 17.3 Å². The molecule has 0 heterocycles. The van der Waals surface area contributed by atoms with Crippen molar-refractivity contribution in [3.05, 3.63) is 24.0 Å². The maximum atomic E-state index is 13.0. The van der Waals surface area contributed by atoms with Crippen molar-refractivity contribution in [3.8, 4) is 0 Å². The van der Waals surface area contributed by atoms with Crippen molar-refractivity contribution in [2.45, 2.75) is 32.1 Å². The molecule has 0 bridgehead atoms.